The molecular formula is C100H101B2N5OS2. The Balaban J connectivity index is 0.913. The highest BCUT2D eigenvalue weighted by atomic mass is 32.1. The molecule has 4 aliphatic carbocycles. The van der Waals surface area contributed by atoms with Crippen LogP contribution < -0.4 is 60.6 Å². The van der Waals surface area contributed by atoms with E-state index in [1.807, 2.05) is 11.3 Å². The molecule has 550 valence electrons. The molecule has 4 aliphatic heterocycles. The maximum absolute atomic E-state index is 8.07. The maximum Gasteiger partial charge on any atom is 0.268 e. The van der Waals surface area contributed by atoms with Crippen LogP contribution in [0.5, 0.6) is 11.5 Å². The van der Waals surface area contributed by atoms with Crippen molar-refractivity contribution in [2.24, 2.45) is 0 Å². The quantitative estimate of drug-likeness (QED) is 0.134. The maximum atomic E-state index is 8.07. The fourth-order valence-electron chi connectivity index (χ4n) is 21.0. The number of rotatable bonds is 9. The summed E-state index contributed by atoms with van der Waals surface area (Å²) in [5.74, 6) is 1.99. The Labute approximate surface area is 662 Å². The lowest BCUT2D eigenvalue weighted by molar-refractivity contribution is 0.328. The number of anilines is 15. The molecule has 2 aromatic heterocycles. The molecule has 6 heterocycles. The second-order valence-corrected chi connectivity index (χ2v) is 40.7. The number of ether oxygens (including phenoxy) is 1. The topological polar surface area (TPSA) is 25.4 Å². The average Bonchev–Trinajstić information content (AvgIpc) is 1.20. The molecule has 12 aromatic rings. The number of hydrogen-bond acceptors (Lipinski definition) is 8. The first kappa shape index (κ1) is 69.7. The van der Waals surface area contributed by atoms with Crippen LogP contribution in [0.4, 0.5) is 85.3 Å². The van der Waals surface area contributed by atoms with Crippen LogP contribution in [0.1, 0.15) is 205 Å². The molecule has 0 fully saturated rings. The predicted molar refractivity (Wildman–Crippen MR) is 473 cm³/mol. The van der Waals surface area contributed by atoms with Crippen LogP contribution in [0.15, 0.2) is 224 Å². The summed E-state index contributed by atoms with van der Waals surface area (Å²) in [7, 11) is 0. The van der Waals surface area contributed by atoms with Gasteiger partial charge in [0.2, 0.25) is 0 Å². The molecule has 10 aromatic carbocycles. The van der Waals surface area contributed by atoms with Crippen molar-refractivity contribution in [2.45, 2.75) is 205 Å². The van der Waals surface area contributed by atoms with Crippen molar-refractivity contribution >= 4 is 153 Å². The molecular weight excluding hydrogens is 1370 g/mol. The van der Waals surface area contributed by atoms with Crippen LogP contribution in [0.3, 0.4) is 0 Å². The van der Waals surface area contributed by atoms with Gasteiger partial charge in [-0.15, -0.1) is 11.3 Å². The van der Waals surface area contributed by atoms with E-state index >= 15 is 0 Å². The Bertz CT molecular complexity index is 5770. The summed E-state index contributed by atoms with van der Waals surface area (Å²) in [6, 6.07) is 87.0. The highest BCUT2D eigenvalue weighted by molar-refractivity contribution is 7.30. The van der Waals surface area contributed by atoms with Gasteiger partial charge in [0.25, 0.3) is 13.4 Å². The number of fused-ring (bicyclic) bond motifs is 14. The number of benzene rings is 10. The third-order valence-corrected chi connectivity index (χ3v) is 30.9. The van der Waals surface area contributed by atoms with Gasteiger partial charge in [-0.2, -0.15) is 11.3 Å². The molecule has 6 nitrogen and oxygen atoms in total. The van der Waals surface area contributed by atoms with Gasteiger partial charge in [0.1, 0.15) is 11.5 Å². The first-order chi connectivity index (χ1) is 52.5. The molecule has 0 saturated heterocycles. The highest BCUT2D eigenvalue weighted by Crippen LogP contribution is 2.61. The lowest BCUT2D eigenvalue weighted by Crippen LogP contribution is -2.64. The Morgan fingerprint density at radius 3 is 1.14 bits per heavy atom. The SMILES string of the molecule is CC1(C)CCC(C)(C)c2cc(N(c3ccccc3)c3cc4c5c(c3)N(c3ccccc3)c3cc6c(cc3B5c3sc5c(c3O4)C(C)(C)CCC5(C)C)B3c4sc5c(c4N(c4ccccc4)c4cc(N(c7ccccc7)c7ccc8c(c7)C(C)(C)CCC8(C)C)cc(c43)N6c3ccccc3)C(C)(C)CCC5(C)C)ccc21. The average molecular weight is 1470 g/mol. The van der Waals surface area contributed by atoms with Crippen LogP contribution in [-0.2, 0) is 43.3 Å². The molecule has 0 amide bonds. The standard InChI is InChI=1S/C100H101B2N5OS2/c1-93(2)46-48-95(5,6)73-54-67(42-44-71(73)93)103(62-32-22-17-23-33-62)69-56-79-85-80(57-69)107(66-40-30-21-31-41-66)87-83-89(99(13,14)52-50-97(83,9)10)109-91(87)101(85)75-60-76-78(61-77(75)105(79)64-36-26-19-27-37-64)106(65-38-28-20-29-39-65)81-58-70(59-82-86(81)102(76)92-88(108-82)84-90(110-92)100(15,16)53-51-98(84,11)12)104(63-34-24-18-25-35-63)68-43-45-72-74(55-68)96(7,8)49-47-94(72,3)4/h17-45,54-61H,46-53H2,1-16H3. The Morgan fingerprint density at radius 1 is 0.300 bits per heavy atom. The smallest absolute Gasteiger partial charge is 0.268 e. The van der Waals surface area contributed by atoms with E-state index in [4.69, 9.17) is 4.74 Å². The van der Waals surface area contributed by atoms with Gasteiger partial charge in [-0.3, -0.25) is 0 Å². The Kier molecular flexibility index (Phi) is 15.2. The van der Waals surface area contributed by atoms with Crippen molar-refractivity contribution < 1.29 is 4.74 Å². The Hall–Kier alpha value is -9.47. The van der Waals surface area contributed by atoms with Crippen molar-refractivity contribution in [1.82, 2.24) is 0 Å². The number of hydrogen-bond donors (Lipinski definition) is 0. The molecule has 0 atom stereocenters. The number of para-hydroxylation sites is 5. The van der Waals surface area contributed by atoms with Gasteiger partial charge in [-0.25, -0.2) is 0 Å². The van der Waals surface area contributed by atoms with Crippen molar-refractivity contribution in [1.29, 1.82) is 0 Å². The summed E-state index contributed by atoms with van der Waals surface area (Å²) in [6.07, 6.45) is 8.97. The van der Waals surface area contributed by atoms with Gasteiger partial charge in [0.15, 0.2) is 0 Å². The largest absolute Gasteiger partial charge is 0.457 e. The number of nitrogens with zero attached hydrogens (tertiary/aromatic N) is 5. The van der Waals surface area contributed by atoms with E-state index in [2.05, 4.69) is 371 Å². The van der Waals surface area contributed by atoms with E-state index in [1.165, 1.54) is 114 Å². The summed E-state index contributed by atoms with van der Waals surface area (Å²) in [6.45, 7) is 39.4. The van der Waals surface area contributed by atoms with Crippen LogP contribution in [0.2, 0.25) is 0 Å². The van der Waals surface area contributed by atoms with Gasteiger partial charge < -0.3 is 29.2 Å². The van der Waals surface area contributed by atoms with Crippen LogP contribution in [0, 0.1) is 0 Å². The summed E-state index contributed by atoms with van der Waals surface area (Å²) in [4.78, 5) is 16.2. The van der Waals surface area contributed by atoms with E-state index in [1.54, 1.807) is 0 Å². The van der Waals surface area contributed by atoms with E-state index in [0.717, 1.165) is 108 Å². The first-order valence-electron chi connectivity index (χ1n) is 40.6. The van der Waals surface area contributed by atoms with Crippen LogP contribution in [0.25, 0.3) is 0 Å². The van der Waals surface area contributed by atoms with E-state index in [9.17, 15) is 0 Å². The normalized spacial score (nSPS) is 19.2. The molecule has 8 aliphatic rings. The minimum Gasteiger partial charge on any atom is -0.457 e. The zero-order valence-electron chi connectivity index (χ0n) is 67.1. The fraction of sp³-hybridized carbons (Fsp3) is 0.320. The first-order valence-corrected chi connectivity index (χ1v) is 42.3. The molecule has 110 heavy (non-hydrogen) atoms. The molecule has 0 unspecified atom stereocenters. The van der Waals surface area contributed by atoms with Gasteiger partial charge >= 0.3 is 0 Å². The molecule has 0 saturated carbocycles. The zero-order chi connectivity index (χ0) is 75.9. The third kappa shape index (κ3) is 10.4. The third-order valence-electron chi connectivity index (χ3n) is 27.7. The summed E-state index contributed by atoms with van der Waals surface area (Å²) < 4.78 is 10.8. The van der Waals surface area contributed by atoms with Gasteiger partial charge in [0.05, 0.1) is 17.1 Å². The molecule has 0 bridgehead atoms. The second kappa shape index (κ2) is 24.0. The highest BCUT2D eigenvalue weighted by Gasteiger charge is 2.55. The molecule has 0 N–H and O–H groups in total. The Morgan fingerprint density at radius 2 is 0.664 bits per heavy atom. The summed E-state index contributed by atoms with van der Waals surface area (Å²) >= 11 is 4.16. The van der Waals surface area contributed by atoms with Gasteiger partial charge in [0, 0.05) is 99.2 Å². The van der Waals surface area contributed by atoms with Gasteiger partial charge in [-0.05, 0) is 254 Å². The van der Waals surface area contributed by atoms with E-state index in [0.29, 0.717) is 0 Å². The van der Waals surface area contributed by atoms with E-state index < -0.39 is 0 Å². The monoisotopic (exact) mass is 1470 g/mol. The molecule has 0 spiro atoms. The van der Waals surface area contributed by atoms with Crippen LogP contribution in [-0.4, -0.2) is 13.4 Å². The number of thiophene rings is 2. The molecule has 20 rings (SSSR count). The zero-order valence-corrected chi connectivity index (χ0v) is 68.8. The van der Waals surface area contributed by atoms with Crippen molar-refractivity contribution in [3.05, 3.63) is 268 Å². The lowest BCUT2D eigenvalue weighted by atomic mass is 9.33. The molecule has 0 radical (unpaired) electrons. The van der Waals surface area contributed by atoms with Crippen LogP contribution >= 0.6 is 22.7 Å². The van der Waals surface area contributed by atoms with Gasteiger partial charge in [-0.1, -0.05) is 220 Å². The van der Waals surface area contributed by atoms with Crippen molar-refractivity contribution in [2.75, 3.05) is 24.5 Å². The van der Waals surface area contributed by atoms with E-state index in [-0.39, 0.29) is 56.7 Å². The minimum atomic E-state index is -0.171. The predicted octanol–water partition coefficient (Wildman–Crippen LogP) is 24.6. The fourth-order valence-corrected chi connectivity index (χ4v) is 24.4. The summed E-state index contributed by atoms with van der Waals surface area (Å²) in [5, 5.41) is 0. The minimum absolute atomic E-state index is 0.00498. The van der Waals surface area contributed by atoms with Crippen molar-refractivity contribution in [3.63, 3.8) is 0 Å². The molecule has 10 heteroatoms. The lowest BCUT2D eigenvalue weighted by Gasteiger charge is -2.47. The summed E-state index contributed by atoms with van der Waals surface area (Å²) in [5.41, 5.74) is 31.0. The van der Waals surface area contributed by atoms with Crippen molar-refractivity contribution in [3.8, 4) is 11.5 Å². The second-order valence-electron chi connectivity index (χ2n) is 38.6.